The highest BCUT2D eigenvalue weighted by Crippen LogP contribution is 2.37. The number of nitrogens with zero attached hydrogens (tertiary/aromatic N) is 5. The van der Waals surface area contributed by atoms with E-state index < -0.39 is 0 Å². The topological polar surface area (TPSA) is 38.9 Å². The molecule has 0 aliphatic heterocycles. The van der Waals surface area contributed by atoms with Crippen molar-refractivity contribution in [2.24, 2.45) is 0 Å². The molecule has 5 heteroatoms. The first-order valence-corrected chi connectivity index (χ1v) is 19.0. The van der Waals surface area contributed by atoms with Gasteiger partial charge in [-0.1, -0.05) is 124 Å². The normalized spacial score (nSPS) is 16.3. The van der Waals surface area contributed by atoms with Gasteiger partial charge < -0.3 is 9.47 Å². The highest BCUT2D eigenvalue weighted by Gasteiger charge is 2.25. The second kappa shape index (κ2) is 13.9. The Balaban J connectivity index is 1.06. The molecule has 2 heterocycles. The molecule has 264 valence electrons. The fourth-order valence-electron chi connectivity index (χ4n) is 7.87. The molecule has 0 N–H and O–H groups in total. The molecule has 0 radical (unpaired) electrons. The summed E-state index contributed by atoms with van der Waals surface area (Å²) in [6.45, 7) is 6.76. The van der Waals surface area contributed by atoms with Gasteiger partial charge in [-0.2, -0.15) is 0 Å². The van der Waals surface area contributed by atoms with Crippen molar-refractivity contribution < 1.29 is 0 Å². The second-order valence-corrected chi connectivity index (χ2v) is 15.2. The van der Waals surface area contributed by atoms with Crippen LogP contribution in [0.4, 0.5) is 11.4 Å². The van der Waals surface area contributed by atoms with Crippen molar-refractivity contribution in [1.82, 2.24) is 19.3 Å². The highest BCUT2D eigenvalue weighted by atomic mass is 15.3. The van der Waals surface area contributed by atoms with Gasteiger partial charge in [0.05, 0.1) is 11.6 Å². The van der Waals surface area contributed by atoms with E-state index in [0.717, 1.165) is 71.3 Å². The Morgan fingerprint density at radius 1 is 0.741 bits per heavy atom. The summed E-state index contributed by atoms with van der Waals surface area (Å²) in [7, 11) is 0. The predicted molar refractivity (Wildman–Crippen MR) is 224 cm³/mol. The molecule has 0 saturated heterocycles. The summed E-state index contributed by atoms with van der Waals surface area (Å²) >= 11 is 0. The first-order valence-electron chi connectivity index (χ1n) is 19.0. The molecule has 6 aromatic rings. The van der Waals surface area contributed by atoms with Crippen LogP contribution in [0.25, 0.3) is 39.5 Å². The SMILES string of the molecule is CC(C)(C)c1ccc(-n2c(C3=CCC(N(c4ccccc4)c4ccc(-n5c6c(c7ccccc75)C=CCC#C6)cc4)C=C3)nnc2C2=CC=CCC2)cc1. The Bertz CT molecular complexity index is 2570. The number of benzene rings is 4. The summed E-state index contributed by atoms with van der Waals surface area (Å²) < 4.78 is 4.55. The number of rotatable bonds is 7. The number of fused-ring (bicyclic) bond motifs is 3. The lowest BCUT2D eigenvalue weighted by molar-refractivity contribution is 0.590. The molecular weight excluding hydrogens is 659 g/mol. The zero-order valence-corrected chi connectivity index (χ0v) is 31.1. The number of anilines is 2. The average Bonchev–Trinajstić information content (AvgIpc) is 3.69. The molecule has 54 heavy (non-hydrogen) atoms. The summed E-state index contributed by atoms with van der Waals surface area (Å²) in [5, 5.41) is 10.9. The third-order valence-electron chi connectivity index (χ3n) is 10.7. The maximum absolute atomic E-state index is 4.84. The van der Waals surface area contributed by atoms with Gasteiger partial charge in [-0.25, -0.2) is 0 Å². The third-order valence-corrected chi connectivity index (χ3v) is 10.7. The largest absolute Gasteiger partial charge is 0.334 e. The number of para-hydroxylation sites is 2. The van der Waals surface area contributed by atoms with E-state index in [0.29, 0.717) is 0 Å². The van der Waals surface area contributed by atoms with E-state index >= 15 is 0 Å². The van der Waals surface area contributed by atoms with Crippen LogP contribution >= 0.6 is 0 Å². The van der Waals surface area contributed by atoms with Gasteiger partial charge >= 0.3 is 0 Å². The quantitative estimate of drug-likeness (QED) is 0.156. The van der Waals surface area contributed by atoms with Gasteiger partial charge in [0.15, 0.2) is 11.6 Å². The lowest BCUT2D eigenvalue weighted by Crippen LogP contribution is -2.30. The zero-order chi connectivity index (χ0) is 36.6. The molecule has 0 fully saturated rings. The van der Waals surface area contributed by atoms with Crippen molar-refractivity contribution >= 4 is 39.5 Å². The van der Waals surface area contributed by atoms with Crippen molar-refractivity contribution in [3.63, 3.8) is 0 Å². The Morgan fingerprint density at radius 3 is 2.20 bits per heavy atom. The van der Waals surface area contributed by atoms with E-state index in [2.05, 4.69) is 198 Å². The molecule has 1 unspecified atom stereocenters. The van der Waals surface area contributed by atoms with Gasteiger partial charge in [0.25, 0.3) is 0 Å². The summed E-state index contributed by atoms with van der Waals surface area (Å²) in [6.07, 6.45) is 21.3. The molecule has 5 nitrogen and oxygen atoms in total. The maximum Gasteiger partial charge on any atom is 0.168 e. The molecule has 4 aromatic carbocycles. The highest BCUT2D eigenvalue weighted by molar-refractivity contribution is 5.94. The minimum absolute atomic E-state index is 0.0739. The number of hydrogen-bond acceptors (Lipinski definition) is 3. The van der Waals surface area contributed by atoms with E-state index in [9.17, 15) is 0 Å². The van der Waals surface area contributed by atoms with E-state index in [1.54, 1.807) is 0 Å². The number of aromatic nitrogens is 4. The summed E-state index contributed by atoms with van der Waals surface area (Å²) in [5.74, 6) is 8.57. The minimum Gasteiger partial charge on any atom is -0.334 e. The van der Waals surface area contributed by atoms with Crippen LogP contribution in [0, 0.1) is 11.8 Å². The fraction of sp³-hybridized carbons (Fsp3) is 0.184. The van der Waals surface area contributed by atoms with Crippen LogP contribution < -0.4 is 4.90 Å². The average molecular weight is 702 g/mol. The van der Waals surface area contributed by atoms with Crippen molar-refractivity contribution in [3.05, 3.63) is 174 Å². The van der Waals surface area contributed by atoms with E-state index in [1.807, 2.05) is 0 Å². The number of allylic oxidation sites excluding steroid dienone is 7. The summed E-state index contributed by atoms with van der Waals surface area (Å²) in [5.41, 5.74) is 11.5. The van der Waals surface area contributed by atoms with Crippen LogP contribution in [0.15, 0.2) is 146 Å². The van der Waals surface area contributed by atoms with Crippen LogP contribution in [-0.2, 0) is 5.41 Å². The van der Waals surface area contributed by atoms with Gasteiger partial charge in [0, 0.05) is 45.7 Å². The first-order chi connectivity index (χ1) is 26.4. The minimum atomic E-state index is 0.0739. The van der Waals surface area contributed by atoms with E-state index in [1.165, 1.54) is 27.6 Å². The van der Waals surface area contributed by atoms with Gasteiger partial charge in [-0.3, -0.25) is 4.57 Å². The molecule has 3 aliphatic rings. The molecule has 0 spiro atoms. The van der Waals surface area contributed by atoms with Crippen molar-refractivity contribution in [2.45, 2.75) is 57.9 Å². The summed E-state index contributed by atoms with van der Waals surface area (Å²) in [4.78, 5) is 2.44. The van der Waals surface area contributed by atoms with Gasteiger partial charge in [-0.05, 0) is 96.3 Å². The van der Waals surface area contributed by atoms with Gasteiger partial charge in [0.2, 0.25) is 0 Å². The van der Waals surface area contributed by atoms with Gasteiger partial charge in [-0.15, -0.1) is 10.2 Å². The Labute approximate surface area is 318 Å². The molecular formula is C49H43N5. The molecule has 1 atom stereocenters. The van der Waals surface area contributed by atoms with Crippen LogP contribution in [0.3, 0.4) is 0 Å². The van der Waals surface area contributed by atoms with Crippen LogP contribution in [-0.4, -0.2) is 25.4 Å². The monoisotopic (exact) mass is 701 g/mol. The van der Waals surface area contributed by atoms with Crippen molar-refractivity contribution in [3.8, 4) is 23.2 Å². The standard InChI is InChI=1S/C49H43N5/c1-49(2,3)37-25-29-42(30-26-37)54-47(35-15-7-4-8-16-35)50-51-48(54)36-23-27-39(28-24-36)52(38-17-9-5-10-18-38)40-31-33-41(34-32-40)53-45-21-12-6-11-19-43(45)44-20-13-14-22-46(44)53/h4-5,7,9-11,13-15,17-20,22-27,29-34,39H,6,8,16,28H2,1-3H3. The Morgan fingerprint density at radius 2 is 1.46 bits per heavy atom. The second-order valence-electron chi connectivity index (χ2n) is 15.2. The smallest absolute Gasteiger partial charge is 0.168 e. The summed E-state index contributed by atoms with van der Waals surface area (Å²) in [6, 6.07) is 37.2. The maximum atomic E-state index is 4.84. The zero-order valence-electron chi connectivity index (χ0n) is 31.1. The van der Waals surface area contributed by atoms with Crippen LogP contribution in [0.2, 0.25) is 0 Å². The lowest BCUT2D eigenvalue weighted by atomic mass is 9.87. The Kier molecular flexibility index (Phi) is 8.60. The number of hydrogen-bond donors (Lipinski definition) is 0. The lowest BCUT2D eigenvalue weighted by Gasteiger charge is -2.33. The van der Waals surface area contributed by atoms with Crippen molar-refractivity contribution in [2.75, 3.05) is 4.90 Å². The van der Waals surface area contributed by atoms with Crippen molar-refractivity contribution in [1.29, 1.82) is 0 Å². The van der Waals surface area contributed by atoms with E-state index in [-0.39, 0.29) is 11.5 Å². The molecule has 9 rings (SSSR count). The fourth-order valence-corrected chi connectivity index (χ4v) is 7.87. The van der Waals surface area contributed by atoms with Gasteiger partial charge in [0.1, 0.15) is 5.69 Å². The molecule has 2 aromatic heterocycles. The third kappa shape index (κ3) is 6.14. The first kappa shape index (κ1) is 33.5. The van der Waals surface area contributed by atoms with Crippen LogP contribution in [0.1, 0.15) is 74.9 Å². The molecule has 0 amide bonds. The van der Waals surface area contributed by atoms with Crippen LogP contribution in [0.5, 0.6) is 0 Å². The Hall–Kier alpha value is -6.38. The predicted octanol–water partition coefficient (Wildman–Crippen LogP) is 11.6. The van der Waals surface area contributed by atoms with E-state index in [4.69, 9.17) is 10.2 Å². The molecule has 0 saturated carbocycles. The molecule has 0 bridgehead atoms. The molecule has 3 aliphatic carbocycles.